The minimum absolute atomic E-state index is 0.00285. The van der Waals surface area contributed by atoms with E-state index in [2.05, 4.69) is 21.3 Å². The molecule has 2 aromatic carbocycles. The molecule has 2 aromatic rings. The number of amides is 6. The van der Waals surface area contributed by atoms with Crippen LogP contribution in [0.1, 0.15) is 47.9 Å². The summed E-state index contributed by atoms with van der Waals surface area (Å²) in [7, 11) is 0. The van der Waals surface area contributed by atoms with E-state index in [0.717, 1.165) is 9.80 Å². The van der Waals surface area contributed by atoms with Crippen LogP contribution in [0.2, 0.25) is 0 Å². The predicted molar refractivity (Wildman–Crippen MR) is 261 cm³/mol. The highest BCUT2D eigenvalue weighted by Crippen LogP contribution is 2.39. The summed E-state index contributed by atoms with van der Waals surface area (Å²) in [4.78, 5) is 94.2. The highest BCUT2D eigenvalue weighted by Gasteiger charge is 2.34. The number of rotatable bonds is 24. The first kappa shape index (κ1) is 54.2. The molecule has 0 saturated heterocycles. The first-order chi connectivity index (χ1) is 27.9. The van der Waals surface area contributed by atoms with E-state index in [0.29, 0.717) is 6.41 Å². The second-order valence-corrected chi connectivity index (χ2v) is 18.5. The van der Waals surface area contributed by atoms with Crippen molar-refractivity contribution in [1.29, 1.82) is 0 Å². The van der Waals surface area contributed by atoms with Crippen LogP contribution in [0.25, 0.3) is 0 Å². The monoisotopic (exact) mass is 1500 g/mol. The number of nitrogens with zero attached hydrogens (tertiary/aromatic N) is 2. The van der Waals surface area contributed by atoms with Gasteiger partial charge in [0.05, 0.1) is 119 Å². The van der Waals surface area contributed by atoms with E-state index < -0.39 is 107 Å². The summed E-state index contributed by atoms with van der Waals surface area (Å²) in [6.45, 7) is -4.86. The molecule has 0 aromatic heterocycles. The number of carbonyl (C=O) groups is 7. The SMILES string of the molecule is O=CN(CC(=O)CC(O)CN(C=O)c1c(I)c(C(=O)NCCO)c(I)c(C(=O)NC(CO)CO)c1I)c1c(I)c(C(=O)NCCO)c(I)c(C(=O)NC(CO)CO)c1I. The van der Waals surface area contributed by atoms with E-state index in [1.807, 2.05) is 0 Å². The second kappa shape index (κ2) is 26.6. The number of aliphatic hydroxyl groups is 7. The van der Waals surface area contributed by atoms with Crippen molar-refractivity contribution in [3.8, 4) is 0 Å². The van der Waals surface area contributed by atoms with Crippen LogP contribution in [0.4, 0.5) is 11.4 Å². The molecule has 326 valence electrons. The number of hydrogen-bond donors (Lipinski definition) is 11. The number of ketones is 1. The highest BCUT2D eigenvalue weighted by atomic mass is 127. The van der Waals surface area contributed by atoms with E-state index in [-0.39, 0.29) is 74.5 Å². The predicted octanol–water partition coefficient (Wildman–Crippen LogP) is -1.13. The molecule has 20 nitrogen and oxygen atoms in total. The maximum absolute atomic E-state index is 13.5. The number of benzene rings is 2. The number of Topliss-reactive ketones (excluding diaryl/α,β-unsaturated/α-hetero) is 1. The van der Waals surface area contributed by atoms with Gasteiger partial charge in [0.1, 0.15) is 0 Å². The Balaban J connectivity index is 2.60. The Kier molecular flexibility index (Phi) is 24.4. The number of hydrogen-bond acceptors (Lipinski definition) is 14. The van der Waals surface area contributed by atoms with Gasteiger partial charge in [0.15, 0.2) is 5.78 Å². The fourth-order valence-corrected chi connectivity index (χ4v) is 14.6. The van der Waals surface area contributed by atoms with Gasteiger partial charge in [0.2, 0.25) is 12.8 Å². The van der Waals surface area contributed by atoms with Gasteiger partial charge in [-0.1, -0.05) is 0 Å². The average Bonchev–Trinajstić information content (AvgIpc) is 3.19. The van der Waals surface area contributed by atoms with Crippen molar-refractivity contribution in [1.82, 2.24) is 21.3 Å². The molecule has 0 aliphatic carbocycles. The third kappa shape index (κ3) is 14.0. The smallest absolute Gasteiger partial charge is 0.253 e. The normalized spacial score (nSPS) is 11.6. The Bertz CT molecular complexity index is 1900. The van der Waals surface area contributed by atoms with Gasteiger partial charge in [-0.2, -0.15) is 0 Å². The molecule has 26 heteroatoms. The lowest BCUT2D eigenvalue weighted by Gasteiger charge is -2.27. The van der Waals surface area contributed by atoms with Crippen LogP contribution in [0.3, 0.4) is 0 Å². The highest BCUT2D eigenvalue weighted by molar-refractivity contribution is 14.1. The molecule has 0 heterocycles. The molecule has 0 aliphatic heterocycles. The molecule has 1 unspecified atom stereocenters. The molecule has 0 radical (unpaired) electrons. The molecule has 6 amide bonds. The lowest BCUT2D eigenvalue weighted by Crippen LogP contribution is -2.42. The van der Waals surface area contributed by atoms with Crippen LogP contribution in [0.15, 0.2) is 0 Å². The summed E-state index contributed by atoms with van der Waals surface area (Å²) < 4.78 is 0.803. The lowest BCUT2D eigenvalue weighted by molar-refractivity contribution is -0.121. The van der Waals surface area contributed by atoms with Crippen molar-refractivity contribution in [2.45, 2.75) is 24.6 Å². The number of anilines is 2. The molecule has 0 bridgehead atoms. The molecular weight excluding hydrogens is 1470 g/mol. The van der Waals surface area contributed by atoms with Gasteiger partial charge in [0.25, 0.3) is 23.6 Å². The van der Waals surface area contributed by atoms with E-state index >= 15 is 0 Å². The van der Waals surface area contributed by atoms with E-state index in [1.54, 1.807) is 136 Å². The van der Waals surface area contributed by atoms with Gasteiger partial charge in [-0.15, -0.1) is 0 Å². The van der Waals surface area contributed by atoms with Gasteiger partial charge in [-0.3, -0.25) is 33.6 Å². The molecule has 0 saturated carbocycles. The Hall–Kier alpha value is -0.970. The zero-order valence-corrected chi connectivity index (χ0v) is 43.3. The minimum Gasteiger partial charge on any atom is -0.395 e. The Morgan fingerprint density at radius 1 is 0.542 bits per heavy atom. The van der Waals surface area contributed by atoms with Crippen LogP contribution in [-0.4, -0.2) is 162 Å². The van der Waals surface area contributed by atoms with Gasteiger partial charge in [0, 0.05) is 26.7 Å². The third-order valence-corrected chi connectivity index (χ3v) is 14.2. The fraction of sp³-hybridized carbons (Fsp3) is 0.424. The summed E-state index contributed by atoms with van der Waals surface area (Å²) in [5.74, 6) is -3.81. The van der Waals surface area contributed by atoms with Crippen LogP contribution in [-0.2, 0) is 14.4 Å². The molecule has 0 aliphatic rings. The summed E-state index contributed by atoms with van der Waals surface area (Å²) in [5.41, 5.74) is -0.403. The first-order valence-corrected chi connectivity index (χ1v) is 23.3. The van der Waals surface area contributed by atoms with Crippen molar-refractivity contribution >= 4 is 189 Å². The zero-order valence-electron chi connectivity index (χ0n) is 30.3. The third-order valence-electron chi connectivity index (χ3n) is 7.89. The largest absolute Gasteiger partial charge is 0.395 e. The molecule has 0 fully saturated rings. The van der Waals surface area contributed by atoms with Crippen molar-refractivity contribution in [2.75, 3.05) is 75.6 Å². The van der Waals surface area contributed by atoms with E-state index in [1.165, 1.54) is 0 Å². The number of nitrogens with one attached hydrogen (secondary N) is 4. The Morgan fingerprint density at radius 3 is 1.20 bits per heavy atom. The summed E-state index contributed by atoms with van der Waals surface area (Å²) in [5, 5.41) is 77.9. The van der Waals surface area contributed by atoms with E-state index in [9.17, 15) is 69.3 Å². The zero-order chi connectivity index (χ0) is 44.7. The number of aliphatic hydroxyl groups excluding tert-OH is 7. The van der Waals surface area contributed by atoms with Crippen LogP contribution >= 0.6 is 136 Å². The molecule has 59 heavy (non-hydrogen) atoms. The van der Waals surface area contributed by atoms with Crippen molar-refractivity contribution in [3.05, 3.63) is 43.7 Å². The first-order valence-electron chi connectivity index (χ1n) is 16.8. The molecule has 11 N–H and O–H groups in total. The fourth-order valence-electron chi connectivity index (χ4n) is 5.10. The van der Waals surface area contributed by atoms with Gasteiger partial charge < -0.3 is 66.8 Å². The van der Waals surface area contributed by atoms with Crippen LogP contribution in [0, 0.1) is 21.4 Å². The van der Waals surface area contributed by atoms with Crippen molar-refractivity contribution in [3.63, 3.8) is 0 Å². The van der Waals surface area contributed by atoms with Crippen molar-refractivity contribution < 1.29 is 69.3 Å². The Morgan fingerprint density at radius 2 is 0.881 bits per heavy atom. The number of halogens is 6. The number of carbonyl (C=O) groups excluding carboxylic acids is 7. The quantitative estimate of drug-likeness (QED) is 0.0438. The molecule has 0 spiro atoms. The standard InChI is InChI=1S/C33H38I6N6O14/c34-22-18(30(56)40-1-3-46)24(36)28(26(38)20(22)32(58)42-14(8-48)9-49)44(12-52)6-16(54)5-17(55)7-45(13-53)29-25(37)19(31(57)41-2-4-47)23(35)21(27(29)39)33(59)43-15(10-50)11-51/h12-16,46-51,54H,1-11H2,(H,40,56)(H,41,57)(H,42,58)(H,43,59). The van der Waals surface area contributed by atoms with Gasteiger partial charge >= 0.3 is 0 Å². The summed E-state index contributed by atoms with van der Waals surface area (Å²) >= 11 is 10.6. The van der Waals surface area contributed by atoms with Crippen LogP contribution in [0.5, 0.6) is 0 Å². The summed E-state index contributed by atoms with van der Waals surface area (Å²) in [6.07, 6.45) is -1.67. The molecule has 1 atom stereocenters. The topological polar surface area (TPSA) is 316 Å². The van der Waals surface area contributed by atoms with Crippen molar-refractivity contribution in [2.24, 2.45) is 0 Å². The maximum atomic E-state index is 13.5. The molecular formula is C33H38I6N6O14. The average molecular weight is 1500 g/mol. The Labute approximate surface area is 418 Å². The lowest BCUT2D eigenvalue weighted by atomic mass is 10.0. The second-order valence-electron chi connectivity index (χ2n) is 12.0. The maximum Gasteiger partial charge on any atom is 0.253 e. The summed E-state index contributed by atoms with van der Waals surface area (Å²) in [6, 6.07) is -2.14. The van der Waals surface area contributed by atoms with Gasteiger partial charge in [-0.25, -0.2) is 0 Å². The van der Waals surface area contributed by atoms with Gasteiger partial charge in [-0.05, 0) is 136 Å². The minimum atomic E-state index is -1.60. The van der Waals surface area contributed by atoms with E-state index in [4.69, 9.17) is 0 Å². The molecule has 2 rings (SSSR count). The van der Waals surface area contributed by atoms with Crippen LogP contribution < -0.4 is 31.1 Å².